The monoisotopic (exact) mass is 272 g/mol. The summed E-state index contributed by atoms with van der Waals surface area (Å²) in [6.07, 6.45) is 5.48. The number of nitrogens with zero attached hydrogens (tertiary/aromatic N) is 4. The minimum Gasteiger partial charge on any atom is -0.493 e. The van der Waals surface area contributed by atoms with Crippen molar-refractivity contribution in [1.82, 2.24) is 19.9 Å². The molecule has 2 heterocycles. The molecular formula is C14H16N4O2. The first kappa shape index (κ1) is 12.8. The van der Waals surface area contributed by atoms with Gasteiger partial charge in [0.2, 0.25) is 5.88 Å². The van der Waals surface area contributed by atoms with E-state index in [0.717, 1.165) is 29.8 Å². The average Bonchev–Trinajstić information content (AvgIpc) is 3.31. The van der Waals surface area contributed by atoms with Gasteiger partial charge in [-0.2, -0.15) is 0 Å². The smallest absolute Gasteiger partial charge is 0.227 e. The van der Waals surface area contributed by atoms with Crippen LogP contribution in [0.4, 0.5) is 0 Å². The third-order valence-corrected chi connectivity index (χ3v) is 3.38. The van der Waals surface area contributed by atoms with Gasteiger partial charge in [-0.05, 0) is 19.8 Å². The van der Waals surface area contributed by atoms with E-state index < -0.39 is 0 Å². The molecule has 0 saturated heterocycles. The van der Waals surface area contributed by atoms with Crippen LogP contribution in [0, 0.1) is 6.92 Å². The molecule has 1 fully saturated rings. The summed E-state index contributed by atoms with van der Waals surface area (Å²) in [7, 11) is 3.20. The maximum atomic E-state index is 5.35. The summed E-state index contributed by atoms with van der Waals surface area (Å²) in [6, 6.07) is 0. The van der Waals surface area contributed by atoms with Crippen LogP contribution in [0.15, 0.2) is 12.5 Å². The van der Waals surface area contributed by atoms with E-state index in [-0.39, 0.29) is 0 Å². The molecule has 2 aromatic heterocycles. The molecule has 0 unspecified atom stereocenters. The predicted octanol–water partition coefficient (Wildman–Crippen LogP) is 2.14. The van der Waals surface area contributed by atoms with Gasteiger partial charge < -0.3 is 9.47 Å². The number of rotatable bonds is 4. The number of hydrogen-bond acceptors (Lipinski definition) is 6. The quantitative estimate of drug-likeness (QED) is 0.849. The van der Waals surface area contributed by atoms with Crippen molar-refractivity contribution in [2.45, 2.75) is 25.7 Å². The van der Waals surface area contributed by atoms with Crippen LogP contribution in [0.2, 0.25) is 0 Å². The Bertz CT molecular complexity index is 641. The fourth-order valence-electron chi connectivity index (χ4n) is 2.19. The highest BCUT2D eigenvalue weighted by atomic mass is 16.5. The first-order valence-corrected chi connectivity index (χ1v) is 6.51. The summed E-state index contributed by atoms with van der Waals surface area (Å²) in [5, 5.41) is 0. The van der Waals surface area contributed by atoms with E-state index >= 15 is 0 Å². The summed E-state index contributed by atoms with van der Waals surface area (Å²) >= 11 is 0. The second-order valence-electron chi connectivity index (χ2n) is 4.76. The van der Waals surface area contributed by atoms with Crippen LogP contribution in [-0.2, 0) is 0 Å². The highest BCUT2D eigenvalue weighted by Gasteiger charge is 2.31. The molecule has 0 amide bonds. The fraction of sp³-hybridized carbons (Fsp3) is 0.429. The Kier molecular flexibility index (Phi) is 3.22. The zero-order chi connectivity index (χ0) is 14.1. The van der Waals surface area contributed by atoms with Crippen molar-refractivity contribution in [1.29, 1.82) is 0 Å². The van der Waals surface area contributed by atoms with E-state index in [9.17, 15) is 0 Å². The lowest BCUT2D eigenvalue weighted by Gasteiger charge is -2.11. The van der Waals surface area contributed by atoms with Crippen LogP contribution < -0.4 is 9.47 Å². The minimum absolute atomic E-state index is 0.466. The molecule has 6 nitrogen and oxygen atoms in total. The van der Waals surface area contributed by atoms with Crippen molar-refractivity contribution >= 4 is 0 Å². The molecule has 2 aromatic rings. The lowest BCUT2D eigenvalue weighted by Crippen LogP contribution is -2.03. The number of methoxy groups -OCH3 is 2. The maximum absolute atomic E-state index is 5.35. The van der Waals surface area contributed by atoms with E-state index in [1.54, 1.807) is 20.4 Å². The Hall–Kier alpha value is -2.24. The van der Waals surface area contributed by atoms with Gasteiger partial charge in [-0.1, -0.05) is 0 Å². The molecule has 0 N–H and O–H groups in total. The molecule has 1 aliphatic carbocycles. The summed E-state index contributed by atoms with van der Waals surface area (Å²) in [6.45, 7) is 1.89. The SMILES string of the molecule is COc1cnc(-c2c(OC)ncnc2C2CC2)nc1C. The van der Waals surface area contributed by atoms with Crippen molar-refractivity contribution in [3.8, 4) is 23.0 Å². The van der Waals surface area contributed by atoms with E-state index in [1.807, 2.05) is 6.92 Å². The second-order valence-corrected chi connectivity index (χ2v) is 4.76. The zero-order valence-electron chi connectivity index (χ0n) is 11.8. The van der Waals surface area contributed by atoms with Gasteiger partial charge >= 0.3 is 0 Å². The highest BCUT2D eigenvalue weighted by molar-refractivity contribution is 5.66. The van der Waals surface area contributed by atoms with Crippen molar-refractivity contribution in [2.24, 2.45) is 0 Å². The number of aryl methyl sites for hydroxylation is 1. The molecule has 6 heteroatoms. The lowest BCUT2D eigenvalue weighted by molar-refractivity contribution is 0.397. The lowest BCUT2D eigenvalue weighted by atomic mass is 10.1. The third-order valence-electron chi connectivity index (χ3n) is 3.38. The Balaban J connectivity index is 2.15. The first-order chi connectivity index (χ1) is 9.74. The molecule has 104 valence electrons. The molecule has 1 aliphatic rings. The van der Waals surface area contributed by atoms with Crippen LogP contribution in [0.3, 0.4) is 0 Å². The van der Waals surface area contributed by atoms with E-state index in [4.69, 9.17) is 9.47 Å². The van der Waals surface area contributed by atoms with Gasteiger partial charge in [0.1, 0.15) is 11.9 Å². The van der Waals surface area contributed by atoms with Crippen molar-refractivity contribution in [3.63, 3.8) is 0 Å². The summed E-state index contributed by atoms with van der Waals surface area (Å²) in [5.41, 5.74) is 2.55. The van der Waals surface area contributed by atoms with E-state index in [2.05, 4.69) is 19.9 Å². The molecule has 1 saturated carbocycles. The van der Waals surface area contributed by atoms with Gasteiger partial charge in [0.25, 0.3) is 0 Å². The second kappa shape index (κ2) is 5.03. The molecule has 0 aromatic carbocycles. The van der Waals surface area contributed by atoms with Crippen LogP contribution in [0.25, 0.3) is 11.4 Å². The highest BCUT2D eigenvalue weighted by Crippen LogP contribution is 2.44. The minimum atomic E-state index is 0.466. The molecule has 0 radical (unpaired) electrons. The molecule has 0 spiro atoms. The van der Waals surface area contributed by atoms with Gasteiger partial charge in [0, 0.05) is 5.92 Å². The van der Waals surface area contributed by atoms with Crippen molar-refractivity contribution in [3.05, 3.63) is 23.9 Å². The standard InChI is InChI=1S/C14H16N4O2/c1-8-10(19-2)6-15-13(18-8)11-12(9-4-5-9)16-7-17-14(11)20-3/h6-7,9H,4-5H2,1-3H3. The summed E-state index contributed by atoms with van der Waals surface area (Å²) in [4.78, 5) is 17.4. The molecule has 0 atom stereocenters. The largest absolute Gasteiger partial charge is 0.493 e. The van der Waals surface area contributed by atoms with E-state index in [0.29, 0.717) is 23.4 Å². The molecule has 3 rings (SSSR count). The van der Waals surface area contributed by atoms with Gasteiger partial charge in [-0.3, -0.25) is 0 Å². The number of aromatic nitrogens is 4. The molecular weight excluding hydrogens is 256 g/mol. The number of hydrogen-bond donors (Lipinski definition) is 0. The fourth-order valence-corrected chi connectivity index (χ4v) is 2.19. The topological polar surface area (TPSA) is 70.0 Å². The third kappa shape index (κ3) is 2.17. The zero-order valence-corrected chi connectivity index (χ0v) is 11.8. The van der Waals surface area contributed by atoms with Gasteiger partial charge in [-0.25, -0.2) is 19.9 Å². The normalized spacial score (nSPS) is 14.2. The maximum Gasteiger partial charge on any atom is 0.227 e. The first-order valence-electron chi connectivity index (χ1n) is 6.51. The van der Waals surface area contributed by atoms with Gasteiger partial charge in [0.05, 0.1) is 31.8 Å². The Morgan fingerprint density at radius 3 is 2.50 bits per heavy atom. The Labute approximate surface area is 117 Å². The number of ether oxygens (including phenoxy) is 2. The van der Waals surface area contributed by atoms with Crippen LogP contribution >= 0.6 is 0 Å². The molecule has 20 heavy (non-hydrogen) atoms. The molecule has 0 aliphatic heterocycles. The van der Waals surface area contributed by atoms with Crippen LogP contribution in [0.1, 0.15) is 30.1 Å². The summed E-state index contributed by atoms with van der Waals surface area (Å²) < 4.78 is 10.5. The van der Waals surface area contributed by atoms with Crippen LogP contribution in [-0.4, -0.2) is 34.2 Å². The average molecular weight is 272 g/mol. The summed E-state index contributed by atoms with van der Waals surface area (Å²) in [5.74, 6) is 2.24. The predicted molar refractivity (Wildman–Crippen MR) is 72.9 cm³/mol. The van der Waals surface area contributed by atoms with Crippen LogP contribution in [0.5, 0.6) is 11.6 Å². The van der Waals surface area contributed by atoms with Crippen molar-refractivity contribution < 1.29 is 9.47 Å². The Morgan fingerprint density at radius 1 is 1.10 bits per heavy atom. The van der Waals surface area contributed by atoms with Gasteiger partial charge in [0.15, 0.2) is 11.6 Å². The van der Waals surface area contributed by atoms with Gasteiger partial charge in [-0.15, -0.1) is 0 Å². The molecule has 0 bridgehead atoms. The van der Waals surface area contributed by atoms with Crippen molar-refractivity contribution in [2.75, 3.05) is 14.2 Å². The van der Waals surface area contributed by atoms with E-state index in [1.165, 1.54) is 6.33 Å². The Morgan fingerprint density at radius 2 is 1.90 bits per heavy atom.